The van der Waals surface area contributed by atoms with Crippen LogP contribution in [-0.2, 0) is 0 Å². The lowest BCUT2D eigenvalue weighted by Gasteiger charge is -2.38. The van der Waals surface area contributed by atoms with E-state index in [1.807, 2.05) is 30.3 Å². The minimum atomic E-state index is -0.446. The first-order chi connectivity index (χ1) is 12.6. The van der Waals surface area contributed by atoms with E-state index in [9.17, 15) is 9.59 Å². The summed E-state index contributed by atoms with van der Waals surface area (Å²) in [5.74, 6) is 0.831. The van der Waals surface area contributed by atoms with E-state index in [0.29, 0.717) is 30.3 Å². The molecule has 1 aliphatic heterocycles. The topological polar surface area (TPSA) is 88.4 Å². The van der Waals surface area contributed by atoms with Gasteiger partial charge in [0.05, 0.1) is 24.8 Å². The van der Waals surface area contributed by atoms with Crippen LogP contribution in [0.15, 0.2) is 57.7 Å². The molecule has 1 fully saturated rings. The van der Waals surface area contributed by atoms with Gasteiger partial charge in [-0.25, -0.2) is 4.79 Å². The second-order valence-electron chi connectivity index (χ2n) is 6.21. The van der Waals surface area contributed by atoms with Crippen LogP contribution in [0.5, 0.6) is 5.75 Å². The van der Waals surface area contributed by atoms with Crippen LogP contribution < -0.4 is 10.4 Å². The summed E-state index contributed by atoms with van der Waals surface area (Å²) in [6, 6.07) is 14.4. The van der Waals surface area contributed by atoms with Crippen molar-refractivity contribution >= 4 is 5.91 Å². The number of hydrogen-bond acceptors (Lipinski definition) is 5. The van der Waals surface area contributed by atoms with Crippen molar-refractivity contribution < 1.29 is 13.9 Å². The van der Waals surface area contributed by atoms with Gasteiger partial charge in [-0.15, -0.1) is 0 Å². The molecule has 0 spiro atoms. The van der Waals surface area contributed by atoms with E-state index in [4.69, 9.17) is 9.15 Å². The molecular weight excluding hydrogens is 334 g/mol. The number of rotatable bonds is 4. The first-order valence-electron chi connectivity index (χ1n) is 8.27. The highest BCUT2D eigenvalue weighted by molar-refractivity contribution is 5.94. The van der Waals surface area contributed by atoms with E-state index >= 15 is 0 Å². The Labute approximate surface area is 149 Å². The van der Waals surface area contributed by atoms with Crippen molar-refractivity contribution in [2.24, 2.45) is 0 Å². The van der Waals surface area contributed by atoms with E-state index in [0.717, 1.165) is 11.3 Å². The number of hydrogen-bond donors (Lipinski definition) is 1. The van der Waals surface area contributed by atoms with Crippen LogP contribution in [-0.4, -0.2) is 40.2 Å². The van der Waals surface area contributed by atoms with Gasteiger partial charge in [-0.2, -0.15) is 5.10 Å². The molecule has 0 saturated carbocycles. The normalized spacial score (nSPS) is 14.1. The summed E-state index contributed by atoms with van der Waals surface area (Å²) in [6.45, 7) is 2.60. The predicted molar refractivity (Wildman–Crippen MR) is 94.1 cm³/mol. The highest BCUT2D eigenvalue weighted by Crippen LogP contribution is 2.21. The average molecular weight is 351 g/mol. The number of amides is 1. The van der Waals surface area contributed by atoms with E-state index in [1.54, 1.807) is 24.0 Å². The number of aryl methyl sites for hydroxylation is 1. The van der Waals surface area contributed by atoms with Crippen molar-refractivity contribution in [1.82, 2.24) is 15.1 Å². The van der Waals surface area contributed by atoms with E-state index in [2.05, 4.69) is 10.2 Å². The molecule has 7 nitrogen and oxygen atoms in total. The molecule has 0 unspecified atom stereocenters. The maximum absolute atomic E-state index is 12.5. The van der Waals surface area contributed by atoms with Crippen molar-refractivity contribution in [2.45, 2.75) is 13.0 Å². The molecule has 7 heteroatoms. The zero-order chi connectivity index (χ0) is 18.1. The van der Waals surface area contributed by atoms with Gasteiger partial charge in [-0.05, 0) is 13.0 Å². The molecule has 3 heterocycles. The Kier molecular flexibility index (Phi) is 4.04. The molecule has 1 aliphatic rings. The molecule has 2 aromatic heterocycles. The fourth-order valence-corrected chi connectivity index (χ4v) is 2.87. The molecular formula is C19H17N3O4. The average Bonchev–Trinajstić information content (AvgIpc) is 3.07. The van der Waals surface area contributed by atoms with E-state index < -0.39 is 5.63 Å². The Morgan fingerprint density at radius 2 is 2.00 bits per heavy atom. The molecule has 1 N–H and O–H groups in total. The van der Waals surface area contributed by atoms with Crippen molar-refractivity contribution in [1.29, 1.82) is 0 Å². The molecule has 4 rings (SSSR count). The number of benzene rings is 1. The lowest BCUT2D eigenvalue weighted by atomic mass is 10.1. The highest BCUT2D eigenvalue weighted by Gasteiger charge is 2.33. The van der Waals surface area contributed by atoms with Crippen molar-refractivity contribution in [2.75, 3.05) is 13.1 Å². The van der Waals surface area contributed by atoms with Crippen LogP contribution in [0.1, 0.15) is 16.2 Å². The Morgan fingerprint density at radius 3 is 2.73 bits per heavy atom. The lowest BCUT2D eigenvalue weighted by Crippen LogP contribution is -2.56. The number of aromatic nitrogens is 2. The van der Waals surface area contributed by atoms with Crippen LogP contribution in [0.3, 0.4) is 0 Å². The standard InChI is InChI=1S/C19H17N3O4/c1-12-7-14(8-18(23)25-12)26-15-10-22(11-15)19(24)17-9-16(20-21-17)13-5-3-2-4-6-13/h2-9,15H,10-11H2,1H3,(H,20,21). The third kappa shape index (κ3) is 3.23. The number of H-pyrrole nitrogens is 1. The quantitative estimate of drug-likeness (QED) is 0.779. The predicted octanol–water partition coefficient (Wildman–Crippen LogP) is 2.24. The number of likely N-dealkylation sites (tertiary alicyclic amines) is 1. The first kappa shape index (κ1) is 16.1. The third-order valence-corrected chi connectivity index (χ3v) is 4.18. The van der Waals surface area contributed by atoms with Crippen LogP contribution in [0.2, 0.25) is 0 Å². The van der Waals surface area contributed by atoms with Gasteiger partial charge in [-0.1, -0.05) is 30.3 Å². The smallest absolute Gasteiger partial charge is 0.339 e. The largest absolute Gasteiger partial charge is 0.486 e. The molecule has 0 bridgehead atoms. The summed E-state index contributed by atoms with van der Waals surface area (Å²) >= 11 is 0. The first-order valence-corrected chi connectivity index (χ1v) is 8.27. The second kappa shape index (κ2) is 6.51. The Balaban J connectivity index is 1.38. The molecule has 1 saturated heterocycles. The second-order valence-corrected chi connectivity index (χ2v) is 6.21. The summed E-state index contributed by atoms with van der Waals surface area (Å²) in [5.41, 5.74) is 1.68. The monoisotopic (exact) mass is 351 g/mol. The van der Waals surface area contributed by atoms with Gasteiger partial charge in [0, 0.05) is 11.6 Å². The molecule has 0 radical (unpaired) electrons. The fourth-order valence-electron chi connectivity index (χ4n) is 2.87. The van der Waals surface area contributed by atoms with Crippen LogP contribution in [0.25, 0.3) is 11.3 Å². The van der Waals surface area contributed by atoms with Crippen LogP contribution in [0, 0.1) is 6.92 Å². The SMILES string of the molecule is Cc1cc(OC2CN(C(=O)c3cc(-c4ccccc4)n[nH]3)C2)cc(=O)o1. The number of nitrogens with one attached hydrogen (secondary N) is 1. The van der Waals surface area contributed by atoms with E-state index in [1.165, 1.54) is 6.07 Å². The summed E-state index contributed by atoms with van der Waals surface area (Å²) in [4.78, 5) is 25.5. The van der Waals surface area contributed by atoms with Gasteiger partial charge in [0.1, 0.15) is 23.3 Å². The molecule has 0 atom stereocenters. The summed E-state index contributed by atoms with van der Waals surface area (Å²) < 4.78 is 10.6. The number of carbonyl (C=O) groups is 1. The Morgan fingerprint density at radius 1 is 1.23 bits per heavy atom. The highest BCUT2D eigenvalue weighted by atomic mass is 16.5. The number of aromatic amines is 1. The lowest BCUT2D eigenvalue weighted by molar-refractivity contribution is 0.0170. The maximum atomic E-state index is 12.5. The fraction of sp³-hybridized carbons (Fsp3) is 0.211. The molecule has 3 aromatic rings. The van der Waals surface area contributed by atoms with Crippen molar-refractivity contribution in [3.05, 3.63) is 70.4 Å². The van der Waals surface area contributed by atoms with Crippen molar-refractivity contribution in [3.63, 3.8) is 0 Å². The zero-order valence-electron chi connectivity index (χ0n) is 14.1. The minimum absolute atomic E-state index is 0.122. The third-order valence-electron chi connectivity index (χ3n) is 4.18. The van der Waals surface area contributed by atoms with Crippen LogP contribution in [0.4, 0.5) is 0 Å². The zero-order valence-corrected chi connectivity index (χ0v) is 14.1. The summed E-state index contributed by atoms with van der Waals surface area (Å²) in [7, 11) is 0. The van der Waals surface area contributed by atoms with Gasteiger partial charge in [0.25, 0.3) is 5.91 Å². The maximum Gasteiger partial charge on any atom is 0.339 e. The van der Waals surface area contributed by atoms with Gasteiger partial charge >= 0.3 is 5.63 Å². The van der Waals surface area contributed by atoms with Crippen LogP contribution >= 0.6 is 0 Å². The Hall–Kier alpha value is -3.35. The number of nitrogens with zero attached hydrogens (tertiary/aromatic N) is 2. The number of ether oxygens (including phenoxy) is 1. The van der Waals surface area contributed by atoms with Gasteiger partial charge in [0.2, 0.25) is 0 Å². The summed E-state index contributed by atoms with van der Waals surface area (Å²) in [6.07, 6.45) is -0.142. The molecule has 1 amide bonds. The van der Waals surface area contributed by atoms with E-state index in [-0.39, 0.29) is 12.0 Å². The minimum Gasteiger partial charge on any atom is -0.486 e. The number of carbonyl (C=O) groups excluding carboxylic acids is 1. The Bertz CT molecular complexity index is 987. The van der Waals surface area contributed by atoms with Gasteiger partial charge in [-0.3, -0.25) is 9.89 Å². The van der Waals surface area contributed by atoms with Crippen molar-refractivity contribution in [3.8, 4) is 17.0 Å². The van der Waals surface area contributed by atoms with Gasteiger partial charge < -0.3 is 14.1 Å². The summed E-state index contributed by atoms with van der Waals surface area (Å²) in [5, 5.41) is 7.00. The molecule has 132 valence electrons. The molecule has 0 aliphatic carbocycles. The molecule has 1 aromatic carbocycles. The van der Waals surface area contributed by atoms with Gasteiger partial charge in [0.15, 0.2) is 0 Å². The molecule has 26 heavy (non-hydrogen) atoms.